The van der Waals surface area contributed by atoms with E-state index in [0.29, 0.717) is 22.1 Å². The van der Waals surface area contributed by atoms with E-state index in [-0.39, 0.29) is 34.9 Å². The number of carbonyl (C=O) groups is 1. The van der Waals surface area contributed by atoms with Crippen molar-refractivity contribution in [1.82, 2.24) is 14.5 Å². The largest absolute Gasteiger partial charge is 0.488 e. The van der Waals surface area contributed by atoms with Gasteiger partial charge in [-0.3, -0.25) is 9.59 Å². The first kappa shape index (κ1) is 18.0. The third kappa shape index (κ3) is 2.52. The number of benzene rings is 1. The summed E-state index contributed by atoms with van der Waals surface area (Å²) in [5.41, 5.74) is -0.283. The lowest BCUT2D eigenvalue weighted by molar-refractivity contribution is 0.0694. The quantitative estimate of drug-likeness (QED) is 0.528. The number of pyridine rings is 3. The number of aromatic nitrogens is 3. The maximum Gasteiger partial charge on any atom is 0.341 e. The predicted molar refractivity (Wildman–Crippen MR) is 107 cm³/mol. The van der Waals surface area contributed by atoms with Gasteiger partial charge in [0, 0.05) is 29.4 Å². The van der Waals surface area contributed by atoms with Crippen LogP contribution in [0.5, 0.6) is 5.75 Å². The van der Waals surface area contributed by atoms with Crippen LogP contribution in [-0.2, 0) is 0 Å². The molecule has 1 aliphatic rings. The highest BCUT2D eigenvalue weighted by Crippen LogP contribution is 2.42. The summed E-state index contributed by atoms with van der Waals surface area (Å²) < 4.78 is 22.7. The van der Waals surface area contributed by atoms with Crippen molar-refractivity contribution in [3.63, 3.8) is 0 Å². The summed E-state index contributed by atoms with van der Waals surface area (Å²) in [6.07, 6.45) is 2.68. The molecule has 150 valence electrons. The van der Waals surface area contributed by atoms with Gasteiger partial charge in [-0.25, -0.2) is 14.2 Å². The van der Waals surface area contributed by atoms with Gasteiger partial charge in [0.05, 0.1) is 22.5 Å². The molecule has 4 heterocycles. The fourth-order valence-corrected chi connectivity index (χ4v) is 3.82. The van der Waals surface area contributed by atoms with Crippen molar-refractivity contribution in [2.75, 3.05) is 6.61 Å². The monoisotopic (exact) mass is 407 g/mol. The van der Waals surface area contributed by atoms with Crippen LogP contribution < -0.4 is 15.7 Å². The Bertz CT molecular complexity index is 1510. The van der Waals surface area contributed by atoms with Gasteiger partial charge in [-0.15, -0.1) is 0 Å². The molecule has 4 aromatic rings. The van der Waals surface area contributed by atoms with E-state index < -0.39 is 22.8 Å². The summed E-state index contributed by atoms with van der Waals surface area (Å²) >= 11 is 0. The average Bonchev–Trinajstić information content (AvgIpc) is 2.71. The zero-order valence-corrected chi connectivity index (χ0v) is 15.6. The summed E-state index contributed by atoms with van der Waals surface area (Å²) in [6.45, 7) is 1.99. The maximum absolute atomic E-state index is 15.2. The number of nitrogens with zero attached hydrogens (tertiary/aromatic N) is 2. The van der Waals surface area contributed by atoms with Crippen molar-refractivity contribution in [2.45, 2.75) is 13.0 Å². The van der Waals surface area contributed by atoms with Gasteiger partial charge in [-0.1, -0.05) is 0 Å². The zero-order chi connectivity index (χ0) is 21.2. The molecule has 2 N–H and O–H groups in total. The molecule has 1 aromatic carbocycles. The zero-order valence-electron chi connectivity index (χ0n) is 15.6. The van der Waals surface area contributed by atoms with Gasteiger partial charge in [0.15, 0.2) is 5.75 Å². The van der Waals surface area contributed by atoms with Crippen molar-refractivity contribution in [1.29, 1.82) is 0 Å². The molecule has 1 atom stereocenters. The second-order valence-electron chi connectivity index (χ2n) is 7.19. The highest BCUT2D eigenvalue weighted by molar-refractivity contribution is 5.98. The standard InChI is InChI=1S/C21H14FN3O5/c1-9-8-30-19-16(11-4-10-2-3-15(26)24-20(10)23-6-11)14(22)5-12-17(19)25(9)7-13(18(12)27)21(28)29/h2-7,9H,8H2,1H3,(H,28,29)(H,23,24,26)/t9-/m0/s1. The Balaban J connectivity index is 1.87. The van der Waals surface area contributed by atoms with Crippen LogP contribution in [0.4, 0.5) is 4.39 Å². The normalized spacial score (nSPS) is 15.3. The maximum atomic E-state index is 15.2. The first-order valence-electron chi connectivity index (χ1n) is 9.12. The minimum Gasteiger partial charge on any atom is -0.488 e. The van der Waals surface area contributed by atoms with Gasteiger partial charge >= 0.3 is 5.97 Å². The molecule has 0 spiro atoms. The molecule has 0 fully saturated rings. The van der Waals surface area contributed by atoms with Crippen molar-refractivity contribution < 1.29 is 19.0 Å². The summed E-state index contributed by atoms with van der Waals surface area (Å²) in [5, 5.41) is 9.91. The molecule has 0 saturated heterocycles. The topological polar surface area (TPSA) is 114 Å². The number of fused-ring (bicyclic) bond motifs is 1. The van der Waals surface area contributed by atoms with Crippen LogP contribution in [0.15, 0.2) is 46.2 Å². The first-order valence-corrected chi connectivity index (χ1v) is 9.12. The van der Waals surface area contributed by atoms with Gasteiger partial charge in [-0.2, -0.15) is 0 Å². The number of hydrogen-bond donors (Lipinski definition) is 2. The molecule has 8 nitrogen and oxygen atoms in total. The molecule has 5 rings (SSSR count). The Labute approximate surface area is 167 Å². The summed E-state index contributed by atoms with van der Waals surface area (Å²) in [7, 11) is 0. The van der Waals surface area contributed by atoms with E-state index in [1.807, 2.05) is 6.92 Å². The van der Waals surface area contributed by atoms with Gasteiger partial charge in [0.1, 0.15) is 23.6 Å². The fourth-order valence-electron chi connectivity index (χ4n) is 3.82. The molecule has 0 amide bonds. The SMILES string of the molecule is C[C@H]1COc2c(-c3cnc4[nH]c(=O)ccc4c3)c(F)cc3c(=O)c(C(=O)O)cn1c23. The van der Waals surface area contributed by atoms with Crippen molar-refractivity contribution >= 4 is 27.9 Å². The van der Waals surface area contributed by atoms with Crippen molar-refractivity contribution in [2.24, 2.45) is 0 Å². The number of rotatable bonds is 2. The van der Waals surface area contributed by atoms with Crippen molar-refractivity contribution in [3.8, 4) is 16.9 Å². The molecule has 30 heavy (non-hydrogen) atoms. The second-order valence-corrected chi connectivity index (χ2v) is 7.19. The average molecular weight is 407 g/mol. The van der Waals surface area contributed by atoms with Crippen LogP contribution in [-0.4, -0.2) is 32.2 Å². The number of carboxylic acid groups (broad SMARTS) is 1. The van der Waals surface area contributed by atoms with Crippen LogP contribution in [0.1, 0.15) is 23.3 Å². The molecule has 0 aliphatic carbocycles. The molecule has 1 aliphatic heterocycles. The number of aromatic amines is 1. The predicted octanol–water partition coefficient (Wildman–Crippen LogP) is 2.70. The van der Waals surface area contributed by atoms with Gasteiger partial charge < -0.3 is 19.4 Å². The third-order valence-electron chi connectivity index (χ3n) is 5.26. The second kappa shape index (κ2) is 6.24. The van der Waals surface area contributed by atoms with E-state index in [2.05, 4.69) is 9.97 Å². The Morgan fingerprint density at radius 2 is 2.13 bits per heavy atom. The Kier molecular flexibility index (Phi) is 3.76. The number of nitrogens with one attached hydrogen (secondary N) is 1. The molecular weight excluding hydrogens is 393 g/mol. The lowest BCUT2D eigenvalue weighted by atomic mass is 9.99. The fraction of sp³-hybridized carbons (Fsp3) is 0.143. The van der Waals surface area contributed by atoms with E-state index in [4.69, 9.17) is 4.74 Å². The Morgan fingerprint density at radius 3 is 2.90 bits per heavy atom. The number of ether oxygens (including phenoxy) is 1. The highest BCUT2D eigenvalue weighted by atomic mass is 19.1. The van der Waals surface area contributed by atoms with E-state index >= 15 is 4.39 Å². The molecule has 0 bridgehead atoms. The lowest BCUT2D eigenvalue weighted by Gasteiger charge is -2.28. The Hall–Kier alpha value is -4.01. The summed E-state index contributed by atoms with van der Waals surface area (Å²) in [5.74, 6) is -1.95. The smallest absolute Gasteiger partial charge is 0.341 e. The number of H-pyrrole nitrogens is 1. The minimum absolute atomic E-state index is 0.0595. The molecular formula is C21H14FN3O5. The molecule has 3 aromatic heterocycles. The third-order valence-corrected chi connectivity index (χ3v) is 5.26. The van der Waals surface area contributed by atoms with E-state index in [0.717, 1.165) is 6.07 Å². The Morgan fingerprint density at radius 1 is 1.33 bits per heavy atom. The van der Waals surface area contributed by atoms with Gasteiger partial charge in [0.2, 0.25) is 11.0 Å². The molecule has 0 unspecified atom stereocenters. The number of carboxylic acids is 1. The van der Waals surface area contributed by atoms with Crippen LogP contribution >= 0.6 is 0 Å². The lowest BCUT2D eigenvalue weighted by Crippen LogP contribution is -2.27. The van der Waals surface area contributed by atoms with Gasteiger partial charge in [-0.05, 0) is 25.1 Å². The van der Waals surface area contributed by atoms with Gasteiger partial charge in [0.25, 0.3) is 0 Å². The molecule has 9 heteroatoms. The van der Waals surface area contributed by atoms with Crippen LogP contribution in [0, 0.1) is 5.82 Å². The van der Waals surface area contributed by atoms with Crippen molar-refractivity contribution in [3.05, 3.63) is 68.6 Å². The minimum atomic E-state index is -1.37. The number of aromatic carboxylic acids is 1. The summed E-state index contributed by atoms with van der Waals surface area (Å²) in [6, 6.07) is 5.37. The van der Waals surface area contributed by atoms with Crippen LogP contribution in [0.3, 0.4) is 0 Å². The number of halogens is 1. The molecule has 0 saturated carbocycles. The van der Waals surface area contributed by atoms with E-state index in [1.54, 1.807) is 16.7 Å². The first-order chi connectivity index (χ1) is 14.3. The van der Waals surface area contributed by atoms with Crippen LogP contribution in [0.2, 0.25) is 0 Å². The summed E-state index contributed by atoms with van der Waals surface area (Å²) in [4.78, 5) is 42.4. The molecule has 0 radical (unpaired) electrons. The van der Waals surface area contributed by atoms with E-state index in [9.17, 15) is 19.5 Å². The number of hydrogen-bond acceptors (Lipinski definition) is 5. The van der Waals surface area contributed by atoms with Crippen LogP contribution in [0.25, 0.3) is 33.1 Å². The van der Waals surface area contributed by atoms with E-state index in [1.165, 1.54) is 18.5 Å². The highest BCUT2D eigenvalue weighted by Gasteiger charge is 2.28.